The molecule has 0 amide bonds. The second-order valence-corrected chi connectivity index (χ2v) is 6.88. The fourth-order valence-corrected chi connectivity index (χ4v) is 3.44. The summed E-state index contributed by atoms with van der Waals surface area (Å²) in [5.74, 6) is 0. The number of benzene rings is 1. The molecular formula is C17H25N3. The van der Waals surface area contributed by atoms with Crippen LogP contribution < -0.4 is 5.32 Å². The average Bonchev–Trinajstić information content (AvgIpc) is 2.86. The SMILES string of the molecule is CC(C)(C)[C@@H](c1ccc2[nH]ccc2c1)N1CCNCC1. The summed E-state index contributed by atoms with van der Waals surface area (Å²) in [5, 5.41) is 4.76. The molecule has 1 aliphatic rings. The quantitative estimate of drug-likeness (QED) is 0.879. The van der Waals surface area contributed by atoms with Gasteiger partial charge in [0, 0.05) is 43.9 Å². The summed E-state index contributed by atoms with van der Waals surface area (Å²) in [6, 6.07) is 9.49. The maximum absolute atomic E-state index is 3.45. The summed E-state index contributed by atoms with van der Waals surface area (Å²) in [5.41, 5.74) is 2.90. The van der Waals surface area contributed by atoms with E-state index in [1.165, 1.54) is 16.5 Å². The molecule has 2 heterocycles. The Morgan fingerprint density at radius 3 is 2.55 bits per heavy atom. The average molecular weight is 271 g/mol. The van der Waals surface area contributed by atoms with Crippen LogP contribution in [0, 0.1) is 5.41 Å². The molecule has 1 saturated heterocycles. The number of fused-ring (bicyclic) bond motifs is 1. The molecule has 20 heavy (non-hydrogen) atoms. The molecule has 0 radical (unpaired) electrons. The van der Waals surface area contributed by atoms with E-state index in [4.69, 9.17) is 0 Å². The van der Waals surface area contributed by atoms with Crippen LogP contribution >= 0.6 is 0 Å². The lowest BCUT2D eigenvalue weighted by molar-refractivity contribution is 0.0863. The van der Waals surface area contributed by atoms with E-state index < -0.39 is 0 Å². The molecule has 3 heteroatoms. The molecule has 1 aromatic heterocycles. The first-order valence-corrected chi connectivity index (χ1v) is 7.57. The maximum atomic E-state index is 3.45. The zero-order valence-corrected chi connectivity index (χ0v) is 12.7. The first-order chi connectivity index (χ1) is 9.55. The number of hydrogen-bond acceptors (Lipinski definition) is 2. The summed E-state index contributed by atoms with van der Waals surface area (Å²) < 4.78 is 0. The van der Waals surface area contributed by atoms with E-state index in [1.54, 1.807) is 0 Å². The van der Waals surface area contributed by atoms with Crippen LogP contribution in [-0.2, 0) is 0 Å². The molecule has 0 aliphatic carbocycles. The van der Waals surface area contributed by atoms with Crippen molar-refractivity contribution in [1.82, 2.24) is 15.2 Å². The predicted molar refractivity (Wildman–Crippen MR) is 84.9 cm³/mol. The number of H-pyrrole nitrogens is 1. The molecule has 0 spiro atoms. The van der Waals surface area contributed by atoms with Gasteiger partial charge in [0.25, 0.3) is 0 Å². The highest BCUT2D eigenvalue weighted by molar-refractivity contribution is 5.80. The Labute approximate surface area is 121 Å². The second-order valence-electron chi connectivity index (χ2n) is 6.88. The van der Waals surface area contributed by atoms with Crippen molar-refractivity contribution in [2.24, 2.45) is 5.41 Å². The minimum atomic E-state index is 0.237. The summed E-state index contributed by atoms with van der Waals surface area (Å²) in [6.07, 6.45) is 2.02. The molecule has 1 aliphatic heterocycles. The van der Waals surface area contributed by atoms with Gasteiger partial charge in [-0.15, -0.1) is 0 Å². The normalized spacial score (nSPS) is 19.4. The smallest absolute Gasteiger partial charge is 0.0454 e. The van der Waals surface area contributed by atoms with E-state index >= 15 is 0 Å². The minimum absolute atomic E-state index is 0.237. The van der Waals surface area contributed by atoms with Gasteiger partial charge in [0.05, 0.1) is 0 Å². The monoisotopic (exact) mass is 271 g/mol. The Balaban J connectivity index is 1.99. The van der Waals surface area contributed by atoms with Gasteiger partial charge in [-0.05, 0) is 34.6 Å². The first-order valence-electron chi connectivity index (χ1n) is 7.57. The number of piperazine rings is 1. The van der Waals surface area contributed by atoms with Crippen LogP contribution in [0.1, 0.15) is 32.4 Å². The van der Waals surface area contributed by atoms with E-state index in [1.807, 2.05) is 6.20 Å². The molecule has 2 N–H and O–H groups in total. The van der Waals surface area contributed by atoms with Crippen LogP contribution in [0.15, 0.2) is 30.5 Å². The van der Waals surface area contributed by atoms with Crippen LogP contribution in [0.2, 0.25) is 0 Å². The van der Waals surface area contributed by atoms with Gasteiger partial charge >= 0.3 is 0 Å². The fraction of sp³-hybridized carbons (Fsp3) is 0.529. The van der Waals surface area contributed by atoms with Gasteiger partial charge in [-0.3, -0.25) is 4.90 Å². The van der Waals surface area contributed by atoms with Crippen molar-refractivity contribution in [2.45, 2.75) is 26.8 Å². The van der Waals surface area contributed by atoms with Crippen molar-refractivity contribution >= 4 is 10.9 Å². The van der Waals surface area contributed by atoms with Gasteiger partial charge in [-0.2, -0.15) is 0 Å². The molecule has 0 saturated carbocycles. The molecule has 1 fully saturated rings. The molecule has 0 bridgehead atoms. The topological polar surface area (TPSA) is 31.1 Å². The zero-order valence-electron chi connectivity index (χ0n) is 12.7. The molecule has 108 valence electrons. The van der Waals surface area contributed by atoms with Gasteiger partial charge in [0.1, 0.15) is 0 Å². The Bertz CT molecular complexity index is 573. The maximum Gasteiger partial charge on any atom is 0.0454 e. The third-order valence-electron chi connectivity index (χ3n) is 4.23. The highest BCUT2D eigenvalue weighted by Crippen LogP contribution is 2.38. The summed E-state index contributed by atoms with van der Waals surface area (Å²) in [4.78, 5) is 5.91. The number of rotatable bonds is 2. The number of aromatic nitrogens is 1. The van der Waals surface area contributed by atoms with E-state index in [-0.39, 0.29) is 5.41 Å². The van der Waals surface area contributed by atoms with Crippen LogP contribution in [-0.4, -0.2) is 36.1 Å². The molecule has 0 unspecified atom stereocenters. The fourth-order valence-electron chi connectivity index (χ4n) is 3.44. The van der Waals surface area contributed by atoms with Crippen LogP contribution in [0.25, 0.3) is 10.9 Å². The molecule has 1 atom stereocenters. The zero-order chi connectivity index (χ0) is 14.2. The van der Waals surface area contributed by atoms with E-state index in [9.17, 15) is 0 Å². The summed E-state index contributed by atoms with van der Waals surface area (Å²) in [7, 11) is 0. The number of aromatic amines is 1. The highest BCUT2D eigenvalue weighted by atomic mass is 15.2. The van der Waals surface area contributed by atoms with E-state index in [0.717, 1.165) is 26.2 Å². The first kappa shape index (κ1) is 13.7. The Morgan fingerprint density at radius 1 is 1.10 bits per heavy atom. The standard InChI is InChI=1S/C17H25N3/c1-17(2,3)16(20-10-8-18-9-11-20)14-4-5-15-13(12-14)6-7-19-15/h4-7,12,16,18-19H,8-11H2,1-3H3/t16-/m1/s1. The Kier molecular flexibility index (Phi) is 3.57. The largest absolute Gasteiger partial charge is 0.361 e. The molecule has 1 aromatic carbocycles. The second kappa shape index (κ2) is 5.23. The van der Waals surface area contributed by atoms with Gasteiger partial charge in [-0.25, -0.2) is 0 Å². The van der Waals surface area contributed by atoms with E-state index in [2.05, 4.69) is 60.2 Å². The van der Waals surface area contributed by atoms with Gasteiger partial charge in [0.15, 0.2) is 0 Å². The highest BCUT2D eigenvalue weighted by Gasteiger charge is 2.32. The lowest BCUT2D eigenvalue weighted by atomic mass is 9.80. The number of nitrogens with one attached hydrogen (secondary N) is 2. The van der Waals surface area contributed by atoms with Gasteiger partial charge in [-0.1, -0.05) is 26.8 Å². The predicted octanol–water partition coefficient (Wildman–Crippen LogP) is 3.16. The number of hydrogen-bond donors (Lipinski definition) is 2. The molecule has 3 nitrogen and oxygen atoms in total. The molecular weight excluding hydrogens is 246 g/mol. The van der Waals surface area contributed by atoms with Crippen molar-refractivity contribution < 1.29 is 0 Å². The summed E-state index contributed by atoms with van der Waals surface area (Å²) in [6.45, 7) is 11.5. The minimum Gasteiger partial charge on any atom is -0.361 e. The van der Waals surface area contributed by atoms with Crippen molar-refractivity contribution in [3.63, 3.8) is 0 Å². The number of nitrogens with zero attached hydrogens (tertiary/aromatic N) is 1. The molecule has 3 rings (SSSR count). The third kappa shape index (κ3) is 2.60. The van der Waals surface area contributed by atoms with Gasteiger partial charge in [0.2, 0.25) is 0 Å². The van der Waals surface area contributed by atoms with Gasteiger partial charge < -0.3 is 10.3 Å². The van der Waals surface area contributed by atoms with Crippen molar-refractivity contribution in [2.75, 3.05) is 26.2 Å². The van der Waals surface area contributed by atoms with Crippen molar-refractivity contribution in [3.8, 4) is 0 Å². The third-order valence-corrected chi connectivity index (χ3v) is 4.23. The Morgan fingerprint density at radius 2 is 1.85 bits per heavy atom. The van der Waals surface area contributed by atoms with Crippen LogP contribution in [0.5, 0.6) is 0 Å². The molecule has 2 aromatic rings. The summed E-state index contributed by atoms with van der Waals surface area (Å²) >= 11 is 0. The van der Waals surface area contributed by atoms with E-state index in [0.29, 0.717) is 6.04 Å². The Hall–Kier alpha value is -1.32. The van der Waals surface area contributed by atoms with Crippen molar-refractivity contribution in [1.29, 1.82) is 0 Å². The van der Waals surface area contributed by atoms with Crippen LogP contribution in [0.4, 0.5) is 0 Å². The van der Waals surface area contributed by atoms with Crippen molar-refractivity contribution in [3.05, 3.63) is 36.0 Å². The lowest BCUT2D eigenvalue weighted by Crippen LogP contribution is -2.48. The van der Waals surface area contributed by atoms with Crippen LogP contribution in [0.3, 0.4) is 0 Å². The lowest BCUT2D eigenvalue weighted by Gasteiger charge is -2.42.